The minimum atomic E-state index is -0.0979. The van der Waals surface area contributed by atoms with Gasteiger partial charge in [-0.15, -0.1) is 0 Å². The van der Waals surface area contributed by atoms with Crippen LogP contribution in [0.25, 0.3) is 0 Å². The van der Waals surface area contributed by atoms with Gasteiger partial charge in [0.15, 0.2) is 0 Å². The number of anilines is 1. The molecule has 0 aliphatic heterocycles. The highest BCUT2D eigenvalue weighted by atomic mass is 16.2. The number of rotatable bonds is 3. The molecule has 88 valence electrons. The molecule has 0 atom stereocenters. The Kier molecular flexibility index (Phi) is 3.20. The summed E-state index contributed by atoms with van der Waals surface area (Å²) in [6.45, 7) is 0.500. The highest BCUT2D eigenvalue weighted by molar-refractivity contribution is 6.05. The molecule has 0 saturated carbocycles. The number of carbonyl (C=O) groups is 1. The number of amides is 1. The van der Waals surface area contributed by atoms with Crippen molar-refractivity contribution in [3.8, 4) is 0 Å². The fraction of sp³-hybridized carbons (Fsp3) is 0.167. The number of H-pyrrole nitrogens is 1. The van der Waals surface area contributed by atoms with Crippen LogP contribution >= 0.6 is 0 Å². The molecule has 2 rings (SSSR count). The number of carbonyl (C=O) groups excluding carboxylic acids is 1. The van der Waals surface area contributed by atoms with Gasteiger partial charge >= 0.3 is 0 Å². The topological polar surface area (TPSA) is 75.0 Å². The van der Waals surface area contributed by atoms with Crippen LogP contribution in [0.5, 0.6) is 0 Å². The Hall–Kier alpha value is -2.14. The summed E-state index contributed by atoms with van der Waals surface area (Å²) >= 11 is 0. The Bertz CT molecular complexity index is 490. The van der Waals surface area contributed by atoms with Crippen LogP contribution in [-0.2, 0) is 6.54 Å². The molecule has 2 aromatic rings. The van der Waals surface area contributed by atoms with Gasteiger partial charge < -0.3 is 10.6 Å². The van der Waals surface area contributed by atoms with Crippen molar-refractivity contribution >= 4 is 11.6 Å². The minimum Gasteiger partial charge on any atom is -0.326 e. The summed E-state index contributed by atoms with van der Waals surface area (Å²) in [6, 6.07) is 7.57. The van der Waals surface area contributed by atoms with E-state index in [0.717, 1.165) is 11.3 Å². The molecule has 0 saturated heterocycles. The van der Waals surface area contributed by atoms with Gasteiger partial charge in [-0.25, -0.2) is 0 Å². The van der Waals surface area contributed by atoms with Crippen LogP contribution in [0.15, 0.2) is 36.7 Å². The predicted octanol–water partition coefficient (Wildman–Crippen LogP) is 1.14. The molecule has 0 unspecified atom stereocenters. The molecule has 0 aliphatic carbocycles. The number of nitrogens with one attached hydrogen (secondary N) is 1. The van der Waals surface area contributed by atoms with Crippen molar-refractivity contribution in [2.75, 3.05) is 11.9 Å². The minimum absolute atomic E-state index is 0.0979. The van der Waals surface area contributed by atoms with Crippen LogP contribution in [0.1, 0.15) is 15.9 Å². The van der Waals surface area contributed by atoms with Crippen LogP contribution < -0.4 is 10.6 Å². The molecule has 1 aromatic carbocycles. The third-order valence-corrected chi connectivity index (χ3v) is 2.61. The van der Waals surface area contributed by atoms with Crippen LogP contribution in [-0.4, -0.2) is 23.2 Å². The first-order valence-corrected chi connectivity index (χ1v) is 5.28. The van der Waals surface area contributed by atoms with E-state index in [4.69, 9.17) is 5.73 Å². The summed E-state index contributed by atoms with van der Waals surface area (Å²) < 4.78 is 0. The molecule has 5 nitrogen and oxygen atoms in total. The maximum atomic E-state index is 12.0. The van der Waals surface area contributed by atoms with Gasteiger partial charge in [0.05, 0.1) is 11.8 Å². The highest BCUT2D eigenvalue weighted by Crippen LogP contribution is 2.15. The number of hydrogen-bond acceptors (Lipinski definition) is 3. The first-order chi connectivity index (χ1) is 8.22. The van der Waals surface area contributed by atoms with Crippen molar-refractivity contribution in [1.29, 1.82) is 0 Å². The molecule has 1 aromatic heterocycles. The second-order valence-corrected chi connectivity index (χ2v) is 3.72. The Balaban J connectivity index is 2.19. The molecule has 0 radical (unpaired) electrons. The largest absolute Gasteiger partial charge is 0.326 e. The Morgan fingerprint density at radius 1 is 1.41 bits per heavy atom. The Morgan fingerprint density at radius 2 is 2.12 bits per heavy atom. The summed E-state index contributed by atoms with van der Waals surface area (Å²) in [4.78, 5) is 13.6. The zero-order chi connectivity index (χ0) is 12.3. The second-order valence-electron chi connectivity index (χ2n) is 3.72. The highest BCUT2D eigenvalue weighted by Gasteiger charge is 2.13. The quantitative estimate of drug-likeness (QED) is 0.830. The number of benzene rings is 1. The normalized spacial score (nSPS) is 10.2. The summed E-state index contributed by atoms with van der Waals surface area (Å²) in [5.74, 6) is -0.0979. The third kappa shape index (κ3) is 2.34. The van der Waals surface area contributed by atoms with E-state index >= 15 is 0 Å². The zero-order valence-electron chi connectivity index (χ0n) is 9.55. The van der Waals surface area contributed by atoms with Gasteiger partial charge in [-0.2, -0.15) is 5.10 Å². The molecule has 0 bridgehead atoms. The van der Waals surface area contributed by atoms with Gasteiger partial charge in [0.25, 0.3) is 5.91 Å². The standard InChI is InChI=1S/C12H14N4O/c1-16(12(17)10-7-14-15-8-10)11-4-2-9(6-13)3-5-11/h2-5,7-8H,6,13H2,1H3,(H,14,15). The SMILES string of the molecule is CN(C(=O)c1cn[nH]c1)c1ccc(CN)cc1. The molecular weight excluding hydrogens is 216 g/mol. The van der Waals surface area contributed by atoms with E-state index in [1.807, 2.05) is 24.3 Å². The maximum Gasteiger partial charge on any atom is 0.261 e. The van der Waals surface area contributed by atoms with E-state index in [9.17, 15) is 4.79 Å². The zero-order valence-corrected chi connectivity index (χ0v) is 9.55. The molecule has 1 amide bonds. The predicted molar refractivity (Wildman–Crippen MR) is 65.7 cm³/mol. The van der Waals surface area contributed by atoms with E-state index in [1.54, 1.807) is 18.1 Å². The first-order valence-electron chi connectivity index (χ1n) is 5.28. The van der Waals surface area contributed by atoms with Crippen molar-refractivity contribution in [3.05, 3.63) is 47.8 Å². The smallest absolute Gasteiger partial charge is 0.261 e. The molecule has 0 spiro atoms. The van der Waals surface area contributed by atoms with Crippen molar-refractivity contribution in [3.63, 3.8) is 0 Å². The summed E-state index contributed by atoms with van der Waals surface area (Å²) in [7, 11) is 1.73. The van der Waals surface area contributed by atoms with Crippen LogP contribution in [0, 0.1) is 0 Å². The number of aromatic nitrogens is 2. The van der Waals surface area contributed by atoms with Crippen LogP contribution in [0.4, 0.5) is 5.69 Å². The van der Waals surface area contributed by atoms with Crippen molar-refractivity contribution < 1.29 is 4.79 Å². The third-order valence-electron chi connectivity index (χ3n) is 2.61. The first kappa shape index (κ1) is 11.3. The molecule has 5 heteroatoms. The average Bonchev–Trinajstić information content (AvgIpc) is 2.91. The van der Waals surface area contributed by atoms with E-state index in [2.05, 4.69) is 10.2 Å². The summed E-state index contributed by atoms with van der Waals surface area (Å²) in [5, 5.41) is 6.38. The molecule has 3 N–H and O–H groups in total. The molecule has 0 aliphatic rings. The Morgan fingerprint density at radius 3 is 2.65 bits per heavy atom. The average molecular weight is 230 g/mol. The monoisotopic (exact) mass is 230 g/mol. The van der Waals surface area contributed by atoms with Crippen LogP contribution in [0.3, 0.4) is 0 Å². The summed E-state index contributed by atoms with van der Waals surface area (Å²) in [6.07, 6.45) is 3.08. The van der Waals surface area contributed by atoms with E-state index in [-0.39, 0.29) is 5.91 Å². The molecule has 0 fully saturated rings. The van der Waals surface area contributed by atoms with Crippen LogP contribution in [0.2, 0.25) is 0 Å². The molecule has 1 heterocycles. The second kappa shape index (κ2) is 4.80. The van der Waals surface area contributed by atoms with E-state index < -0.39 is 0 Å². The van der Waals surface area contributed by atoms with Gasteiger partial charge in [0, 0.05) is 25.5 Å². The fourth-order valence-electron chi connectivity index (χ4n) is 1.53. The molecule has 17 heavy (non-hydrogen) atoms. The van der Waals surface area contributed by atoms with E-state index in [1.165, 1.54) is 6.20 Å². The number of nitrogens with zero attached hydrogens (tertiary/aromatic N) is 2. The lowest BCUT2D eigenvalue weighted by Crippen LogP contribution is -2.25. The lowest BCUT2D eigenvalue weighted by molar-refractivity contribution is 0.0993. The maximum absolute atomic E-state index is 12.0. The van der Waals surface area contributed by atoms with Crippen molar-refractivity contribution in [2.24, 2.45) is 5.73 Å². The van der Waals surface area contributed by atoms with Gasteiger partial charge in [-0.1, -0.05) is 12.1 Å². The lowest BCUT2D eigenvalue weighted by Gasteiger charge is -2.16. The van der Waals surface area contributed by atoms with Crippen molar-refractivity contribution in [2.45, 2.75) is 6.54 Å². The fourth-order valence-corrected chi connectivity index (χ4v) is 1.53. The van der Waals surface area contributed by atoms with Gasteiger partial charge in [0.1, 0.15) is 0 Å². The number of aromatic amines is 1. The van der Waals surface area contributed by atoms with Crippen molar-refractivity contribution in [1.82, 2.24) is 10.2 Å². The lowest BCUT2D eigenvalue weighted by atomic mass is 10.2. The van der Waals surface area contributed by atoms with Gasteiger partial charge in [-0.3, -0.25) is 9.89 Å². The summed E-state index contributed by atoms with van der Waals surface area (Å²) in [5.41, 5.74) is 7.92. The van der Waals surface area contributed by atoms with E-state index in [0.29, 0.717) is 12.1 Å². The van der Waals surface area contributed by atoms with Gasteiger partial charge in [0.2, 0.25) is 0 Å². The number of hydrogen-bond donors (Lipinski definition) is 2. The Labute approximate surface area is 99.2 Å². The number of nitrogens with two attached hydrogens (primary N) is 1. The molecular formula is C12H14N4O. The van der Waals surface area contributed by atoms with Gasteiger partial charge in [-0.05, 0) is 17.7 Å².